The third-order valence-corrected chi connectivity index (χ3v) is 3.12. The predicted molar refractivity (Wildman–Crippen MR) is 78.1 cm³/mol. The average molecular weight is 287 g/mol. The molecule has 0 radical (unpaired) electrons. The van der Waals surface area contributed by atoms with E-state index in [0.29, 0.717) is 11.3 Å². The van der Waals surface area contributed by atoms with Gasteiger partial charge in [0.15, 0.2) is 0 Å². The highest BCUT2D eigenvalue weighted by Crippen LogP contribution is 2.15. The van der Waals surface area contributed by atoms with Crippen molar-refractivity contribution in [2.24, 2.45) is 0 Å². The van der Waals surface area contributed by atoms with E-state index in [1.807, 2.05) is 32.0 Å². The summed E-state index contributed by atoms with van der Waals surface area (Å²) in [5, 5.41) is 6.77. The van der Waals surface area contributed by atoms with Crippen molar-refractivity contribution in [1.82, 2.24) is 9.78 Å². The fourth-order valence-corrected chi connectivity index (χ4v) is 2.08. The Morgan fingerprint density at radius 2 is 1.95 bits per heavy atom. The van der Waals surface area contributed by atoms with Gasteiger partial charge in [-0.05, 0) is 25.0 Å². The molecule has 0 saturated carbocycles. The van der Waals surface area contributed by atoms with Gasteiger partial charge < -0.3 is 10.1 Å². The van der Waals surface area contributed by atoms with E-state index >= 15 is 0 Å². The molecule has 0 atom stereocenters. The predicted octanol–water partition coefficient (Wildman–Crippen LogP) is 1.93. The van der Waals surface area contributed by atoms with Gasteiger partial charge in [0.25, 0.3) is 5.91 Å². The van der Waals surface area contributed by atoms with E-state index in [-0.39, 0.29) is 12.5 Å². The maximum Gasteiger partial charge on any atom is 0.327 e. The summed E-state index contributed by atoms with van der Waals surface area (Å²) >= 11 is 0. The first-order chi connectivity index (χ1) is 10.0. The number of hydrogen-bond acceptors (Lipinski definition) is 4. The Balaban J connectivity index is 2.12. The summed E-state index contributed by atoms with van der Waals surface area (Å²) in [6, 6.07) is 5.70. The van der Waals surface area contributed by atoms with Crippen LogP contribution in [0, 0.1) is 13.8 Å². The number of esters is 1. The zero-order valence-corrected chi connectivity index (χ0v) is 12.2. The van der Waals surface area contributed by atoms with E-state index < -0.39 is 5.97 Å². The minimum Gasteiger partial charge on any atom is -0.468 e. The summed E-state index contributed by atoms with van der Waals surface area (Å²) in [7, 11) is 1.31. The third-order valence-electron chi connectivity index (χ3n) is 3.12. The van der Waals surface area contributed by atoms with E-state index in [1.54, 1.807) is 6.20 Å². The molecule has 0 aliphatic rings. The van der Waals surface area contributed by atoms with Gasteiger partial charge in [-0.2, -0.15) is 5.10 Å². The Morgan fingerprint density at radius 1 is 1.29 bits per heavy atom. The number of ether oxygens (including phenoxy) is 1. The quantitative estimate of drug-likeness (QED) is 0.872. The van der Waals surface area contributed by atoms with E-state index in [0.717, 1.165) is 11.1 Å². The molecule has 1 aromatic heterocycles. The van der Waals surface area contributed by atoms with Crippen LogP contribution >= 0.6 is 0 Å². The number of nitrogens with one attached hydrogen (secondary N) is 1. The molecule has 1 aromatic carbocycles. The first-order valence-corrected chi connectivity index (χ1v) is 6.48. The first kappa shape index (κ1) is 14.8. The van der Waals surface area contributed by atoms with Crippen molar-refractivity contribution >= 4 is 17.6 Å². The Hall–Kier alpha value is -2.63. The van der Waals surface area contributed by atoms with Crippen LogP contribution in [0.4, 0.5) is 5.69 Å². The molecular formula is C15H17N3O3. The molecular weight excluding hydrogens is 270 g/mol. The van der Waals surface area contributed by atoms with E-state index in [1.165, 1.54) is 18.0 Å². The number of carbonyl (C=O) groups is 2. The lowest BCUT2D eigenvalue weighted by atomic mass is 10.0. The largest absolute Gasteiger partial charge is 0.468 e. The van der Waals surface area contributed by atoms with E-state index in [9.17, 15) is 9.59 Å². The smallest absolute Gasteiger partial charge is 0.327 e. The highest BCUT2D eigenvalue weighted by molar-refractivity contribution is 6.06. The number of amides is 1. The Labute approximate surface area is 122 Å². The topological polar surface area (TPSA) is 73.2 Å². The number of benzene rings is 1. The zero-order chi connectivity index (χ0) is 15.4. The second kappa shape index (κ2) is 6.21. The van der Waals surface area contributed by atoms with Crippen LogP contribution in [0.3, 0.4) is 0 Å². The van der Waals surface area contributed by atoms with Crippen molar-refractivity contribution in [3.63, 3.8) is 0 Å². The number of anilines is 1. The van der Waals surface area contributed by atoms with Crippen molar-refractivity contribution in [2.75, 3.05) is 12.4 Å². The van der Waals surface area contributed by atoms with Gasteiger partial charge in [0.2, 0.25) is 0 Å². The van der Waals surface area contributed by atoms with Gasteiger partial charge in [0.05, 0.1) is 19.0 Å². The molecule has 0 aliphatic heterocycles. The highest BCUT2D eigenvalue weighted by Gasteiger charge is 2.13. The van der Waals surface area contributed by atoms with Crippen LogP contribution in [-0.4, -0.2) is 28.8 Å². The molecule has 2 aromatic rings. The van der Waals surface area contributed by atoms with Crippen LogP contribution < -0.4 is 5.32 Å². The molecule has 0 unspecified atom stereocenters. The fraction of sp³-hybridized carbons (Fsp3) is 0.267. The molecule has 0 saturated heterocycles. The molecule has 0 fully saturated rings. The standard InChI is InChI=1S/C15H17N3O3/c1-10-5-4-6-11(2)14(10)15(20)17-12-7-16-18(8-12)9-13(19)21-3/h4-8H,9H2,1-3H3,(H,17,20). The summed E-state index contributed by atoms with van der Waals surface area (Å²) in [5.74, 6) is -0.589. The monoisotopic (exact) mass is 287 g/mol. The molecule has 0 spiro atoms. The third kappa shape index (κ3) is 3.47. The minimum absolute atomic E-state index is 0.00969. The van der Waals surface area contributed by atoms with Crippen molar-refractivity contribution in [3.8, 4) is 0 Å². The maximum absolute atomic E-state index is 12.3. The van der Waals surface area contributed by atoms with Crippen molar-refractivity contribution in [2.45, 2.75) is 20.4 Å². The molecule has 6 nitrogen and oxygen atoms in total. The summed E-state index contributed by atoms with van der Waals surface area (Å²) < 4.78 is 5.97. The van der Waals surface area contributed by atoms with Gasteiger partial charge in [0.1, 0.15) is 6.54 Å². The Bertz CT molecular complexity index is 656. The summed E-state index contributed by atoms with van der Waals surface area (Å²) in [5.41, 5.74) is 3.01. The number of hydrogen-bond donors (Lipinski definition) is 1. The van der Waals surface area contributed by atoms with Crippen LogP contribution in [-0.2, 0) is 16.1 Å². The van der Waals surface area contributed by atoms with Gasteiger partial charge in [-0.3, -0.25) is 14.3 Å². The van der Waals surface area contributed by atoms with Gasteiger partial charge in [-0.25, -0.2) is 0 Å². The summed E-state index contributed by atoms with van der Waals surface area (Å²) in [6.07, 6.45) is 3.08. The summed E-state index contributed by atoms with van der Waals surface area (Å²) in [4.78, 5) is 23.5. The highest BCUT2D eigenvalue weighted by atomic mass is 16.5. The molecule has 1 N–H and O–H groups in total. The molecule has 1 heterocycles. The van der Waals surface area contributed by atoms with Crippen LogP contribution in [0.25, 0.3) is 0 Å². The molecule has 1 amide bonds. The van der Waals surface area contributed by atoms with Crippen LogP contribution in [0.15, 0.2) is 30.6 Å². The zero-order valence-electron chi connectivity index (χ0n) is 12.2. The van der Waals surface area contributed by atoms with Crippen LogP contribution in [0.5, 0.6) is 0 Å². The van der Waals surface area contributed by atoms with Crippen molar-refractivity contribution in [3.05, 3.63) is 47.3 Å². The second-order valence-corrected chi connectivity index (χ2v) is 4.72. The second-order valence-electron chi connectivity index (χ2n) is 4.72. The van der Waals surface area contributed by atoms with Gasteiger partial charge in [0, 0.05) is 11.8 Å². The molecule has 2 rings (SSSR count). The Morgan fingerprint density at radius 3 is 2.57 bits per heavy atom. The van der Waals surface area contributed by atoms with Gasteiger partial charge in [-0.1, -0.05) is 18.2 Å². The van der Waals surface area contributed by atoms with Crippen LogP contribution in [0.2, 0.25) is 0 Å². The lowest BCUT2D eigenvalue weighted by Crippen LogP contribution is -2.15. The fourth-order valence-electron chi connectivity index (χ4n) is 2.08. The lowest BCUT2D eigenvalue weighted by molar-refractivity contribution is -0.141. The maximum atomic E-state index is 12.3. The van der Waals surface area contributed by atoms with Gasteiger partial charge in [-0.15, -0.1) is 0 Å². The lowest BCUT2D eigenvalue weighted by Gasteiger charge is -2.08. The van der Waals surface area contributed by atoms with E-state index in [4.69, 9.17) is 0 Å². The normalized spacial score (nSPS) is 10.2. The van der Waals surface area contributed by atoms with Crippen LogP contribution in [0.1, 0.15) is 21.5 Å². The molecule has 0 aliphatic carbocycles. The van der Waals surface area contributed by atoms with Crippen molar-refractivity contribution in [1.29, 1.82) is 0 Å². The molecule has 21 heavy (non-hydrogen) atoms. The minimum atomic E-state index is -0.397. The number of rotatable bonds is 4. The Kier molecular flexibility index (Phi) is 4.37. The van der Waals surface area contributed by atoms with Crippen molar-refractivity contribution < 1.29 is 14.3 Å². The SMILES string of the molecule is COC(=O)Cn1cc(NC(=O)c2c(C)cccc2C)cn1. The molecule has 110 valence electrons. The number of methoxy groups -OCH3 is 1. The summed E-state index contributed by atoms with van der Waals surface area (Å²) in [6.45, 7) is 3.79. The molecule has 6 heteroatoms. The number of nitrogens with zero attached hydrogens (tertiary/aromatic N) is 2. The number of aryl methyl sites for hydroxylation is 2. The number of aromatic nitrogens is 2. The molecule has 0 bridgehead atoms. The van der Waals surface area contributed by atoms with Gasteiger partial charge >= 0.3 is 5.97 Å². The van der Waals surface area contributed by atoms with E-state index in [2.05, 4.69) is 15.2 Å². The first-order valence-electron chi connectivity index (χ1n) is 6.48. The average Bonchev–Trinajstić information content (AvgIpc) is 2.85. The number of carbonyl (C=O) groups excluding carboxylic acids is 2.